The summed E-state index contributed by atoms with van der Waals surface area (Å²) in [6.45, 7) is 1.75. The number of carbonyl (C=O) groups excluding carboxylic acids is 1. The summed E-state index contributed by atoms with van der Waals surface area (Å²) in [5.74, 6) is -3.46. The summed E-state index contributed by atoms with van der Waals surface area (Å²) < 4.78 is 15.1. The monoisotopic (exact) mass is 434 g/mol. The van der Waals surface area contributed by atoms with Crippen LogP contribution in [0, 0.1) is 11.7 Å². The van der Waals surface area contributed by atoms with E-state index in [4.69, 9.17) is 11.6 Å². The third-order valence-electron chi connectivity index (χ3n) is 6.07. The first-order valence-corrected chi connectivity index (χ1v) is 10.3. The molecule has 0 aromatic heterocycles. The minimum atomic E-state index is -1.45. The van der Waals surface area contributed by atoms with E-state index >= 15 is 4.39 Å². The molecule has 0 saturated heterocycles. The summed E-state index contributed by atoms with van der Waals surface area (Å²) in [4.78, 5) is 24.7. The van der Waals surface area contributed by atoms with E-state index in [1.54, 1.807) is 6.92 Å². The lowest BCUT2D eigenvalue weighted by atomic mass is 9.71. The summed E-state index contributed by atoms with van der Waals surface area (Å²) in [5.41, 5.74) is -2.25. The highest BCUT2D eigenvalue weighted by molar-refractivity contribution is 6.30. The van der Waals surface area contributed by atoms with Gasteiger partial charge in [-0.2, -0.15) is 0 Å². The standard InChI is InChI=1S/C23H24ClFO5/c1-2-23(30,14-5-9-17(26)10-6-14)15-11-18(22(28)29)20(19(25)12-15)21(27)13-3-7-16(24)8-4-13/h3-4,7-8,11-12,14,17,26,30H,2,5-6,9-10H2,1H3,(H,28,29)/t14-,17-,23?. The minimum absolute atomic E-state index is 0.112. The van der Waals surface area contributed by atoms with E-state index in [0.717, 1.165) is 6.07 Å². The number of hydrogen-bond donors (Lipinski definition) is 3. The molecule has 7 heteroatoms. The van der Waals surface area contributed by atoms with Gasteiger partial charge in [0.15, 0.2) is 5.78 Å². The predicted molar refractivity (Wildman–Crippen MR) is 110 cm³/mol. The van der Waals surface area contributed by atoms with Crippen molar-refractivity contribution in [2.24, 2.45) is 5.92 Å². The van der Waals surface area contributed by atoms with Crippen LogP contribution in [0.1, 0.15) is 70.9 Å². The van der Waals surface area contributed by atoms with Crippen LogP contribution >= 0.6 is 11.6 Å². The molecule has 0 aliphatic heterocycles. The largest absolute Gasteiger partial charge is 0.478 e. The molecule has 3 N–H and O–H groups in total. The second kappa shape index (κ2) is 8.84. The van der Waals surface area contributed by atoms with E-state index in [0.29, 0.717) is 30.7 Å². The summed E-state index contributed by atoms with van der Waals surface area (Å²) >= 11 is 5.82. The number of carbonyl (C=O) groups is 2. The maximum atomic E-state index is 15.1. The van der Waals surface area contributed by atoms with Crippen LogP contribution in [0.3, 0.4) is 0 Å². The molecule has 1 unspecified atom stereocenters. The van der Waals surface area contributed by atoms with Crippen molar-refractivity contribution in [1.29, 1.82) is 0 Å². The van der Waals surface area contributed by atoms with E-state index in [1.165, 1.54) is 30.3 Å². The first-order chi connectivity index (χ1) is 14.2. The quantitative estimate of drug-likeness (QED) is 0.579. The molecule has 1 aliphatic rings. The molecule has 0 bridgehead atoms. The van der Waals surface area contributed by atoms with E-state index in [9.17, 15) is 24.9 Å². The number of aliphatic hydroxyl groups excluding tert-OH is 1. The molecule has 30 heavy (non-hydrogen) atoms. The second-order valence-electron chi connectivity index (χ2n) is 7.81. The van der Waals surface area contributed by atoms with Gasteiger partial charge >= 0.3 is 5.97 Å². The molecule has 2 aromatic carbocycles. The molecule has 0 amide bonds. The van der Waals surface area contributed by atoms with Crippen LogP contribution in [-0.2, 0) is 5.60 Å². The lowest BCUT2D eigenvalue weighted by Crippen LogP contribution is -2.38. The van der Waals surface area contributed by atoms with Gasteiger partial charge in [-0.25, -0.2) is 9.18 Å². The highest BCUT2D eigenvalue weighted by Crippen LogP contribution is 2.42. The smallest absolute Gasteiger partial charge is 0.336 e. The maximum absolute atomic E-state index is 15.1. The number of halogens is 2. The Morgan fingerprint density at radius 1 is 1.13 bits per heavy atom. The summed E-state index contributed by atoms with van der Waals surface area (Å²) in [6.07, 6.45) is 1.95. The van der Waals surface area contributed by atoms with Gasteiger partial charge in [0.05, 0.1) is 22.8 Å². The van der Waals surface area contributed by atoms with Crippen LogP contribution in [0.2, 0.25) is 5.02 Å². The molecule has 2 aromatic rings. The van der Waals surface area contributed by atoms with E-state index in [1.807, 2.05) is 0 Å². The second-order valence-corrected chi connectivity index (χ2v) is 8.24. The third kappa shape index (κ3) is 4.26. The van der Waals surface area contributed by atoms with Gasteiger partial charge in [-0.05, 0) is 80.0 Å². The third-order valence-corrected chi connectivity index (χ3v) is 6.32. The topological polar surface area (TPSA) is 94.8 Å². The van der Waals surface area contributed by atoms with Crippen molar-refractivity contribution in [1.82, 2.24) is 0 Å². The lowest BCUT2D eigenvalue weighted by molar-refractivity contribution is -0.0559. The van der Waals surface area contributed by atoms with Gasteiger partial charge in [0.2, 0.25) is 0 Å². The molecule has 5 nitrogen and oxygen atoms in total. The van der Waals surface area contributed by atoms with Gasteiger partial charge in [0.25, 0.3) is 0 Å². The van der Waals surface area contributed by atoms with Gasteiger partial charge in [-0.15, -0.1) is 0 Å². The zero-order chi connectivity index (χ0) is 22.1. The molecule has 1 fully saturated rings. The fraction of sp³-hybridized carbons (Fsp3) is 0.391. The number of ketones is 1. The van der Waals surface area contributed by atoms with Gasteiger partial charge in [0.1, 0.15) is 5.82 Å². The number of benzene rings is 2. The summed E-state index contributed by atoms with van der Waals surface area (Å²) in [5, 5.41) is 31.2. The molecule has 0 radical (unpaired) electrons. The van der Waals surface area contributed by atoms with Crippen LogP contribution in [0.4, 0.5) is 4.39 Å². The number of carboxylic acid groups (broad SMARTS) is 1. The Morgan fingerprint density at radius 3 is 2.27 bits per heavy atom. The molecule has 1 saturated carbocycles. The normalized spacial score (nSPS) is 21.1. The fourth-order valence-corrected chi connectivity index (χ4v) is 4.41. The fourth-order valence-electron chi connectivity index (χ4n) is 4.28. The van der Waals surface area contributed by atoms with Crippen molar-refractivity contribution in [3.8, 4) is 0 Å². The van der Waals surface area contributed by atoms with Crippen molar-refractivity contribution in [2.75, 3.05) is 0 Å². The number of aromatic carboxylic acids is 1. The molecule has 0 spiro atoms. The van der Waals surface area contributed by atoms with Crippen LogP contribution in [0.5, 0.6) is 0 Å². The van der Waals surface area contributed by atoms with E-state index in [-0.39, 0.29) is 23.5 Å². The van der Waals surface area contributed by atoms with Crippen molar-refractivity contribution < 1.29 is 29.3 Å². The van der Waals surface area contributed by atoms with E-state index < -0.39 is 40.4 Å². The number of carboxylic acids is 1. The Bertz CT molecular complexity index is 951. The number of rotatable bonds is 6. The zero-order valence-corrected chi connectivity index (χ0v) is 17.3. The van der Waals surface area contributed by atoms with Crippen LogP contribution < -0.4 is 0 Å². The van der Waals surface area contributed by atoms with Crippen molar-refractivity contribution in [2.45, 2.75) is 50.7 Å². The van der Waals surface area contributed by atoms with Crippen molar-refractivity contribution >= 4 is 23.4 Å². The minimum Gasteiger partial charge on any atom is -0.478 e. The van der Waals surface area contributed by atoms with Gasteiger partial charge in [-0.3, -0.25) is 4.79 Å². The Kier molecular flexibility index (Phi) is 6.60. The lowest BCUT2D eigenvalue weighted by Gasteiger charge is -2.39. The summed E-state index contributed by atoms with van der Waals surface area (Å²) in [6, 6.07) is 8.00. The Hall–Kier alpha value is -2.28. The van der Waals surface area contributed by atoms with Crippen LogP contribution in [-0.4, -0.2) is 33.2 Å². The predicted octanol–water partition coefficient (Wildman–Crippen LogP) is 4.56. The average molecular weight is 435 g/mol. The molecule has 160 valence electrons. The first-order valence-electron chi connectivity index (χ1n) is 9.95. The first kappa shape index (κ1) is 22.4. The Balaban J connectivity index is 2.07. The zero-order valence-electron chi connectivity index (χ0n) is 16.6. The SMILES string of the molecule is CCC(O)(c1cc(F)c(C(=O)c2ccc(Cl)cc2)c(C(=O)O)c1)[C@H]1CC[C@H](O)CC1. The maximum Gasteiger partial charge on any atom is 0.336 e. The van der Waals surface area contributed by atoms with Gasteiger partial charge in [0, 0.05) is 10.6 Å². The highest BCUT2D eigenvalue weighted by atomic mass is 35.5. The summed E-state index contributed by atoms with van der Waals surface area (Å²) in [7, 11) is 0. The highest BCUT2D eigenvalue weighted by Gasteiger charge is 2.40. The number of aliphatic hydroxyl groups is 2. The van der Waals surface area contributed by atoms with Crippen LogP contribution in [0.15, 0.2) is 36.4 Å². The molecule has 0 heterocycles. The van der Waals surface area contributed by atoms with Gasteiger partial charge in [-0.1, -0.05) is 18.5 Å². The molecule has 1 atom stereocenters. The van der Waals surface area contributed by atoms with E-state index in [2.05, 4.69) is 0 Å². The van der Waals surface area contributed by atoms with Crippen molar-refractivity contribution in [3.63, 3.8) is 0 Å². The Morgan fingerprint density at radius 2 is 1.73 bits per heavy atom. The molecular weight excluding hydrogens is 411 g/mol. The molecule has 1 aliphatic carbocycles. The Labute approximate surface area is 179 Å². The van der Waals surface area contributed by atoms with Gasteiger partial charge < -0.3 is 15.3 Å². The molecular formula is C23H24ClFO5. The number of hydrogen-bond acceptors (Lipinski definition) is 4. The molecule has 3 rings (SSSR count). The van der Waals surface area contributed by atoms with Crippen molar-refractivity contribution in [3.05, 3.63) is 69.5 Å². The van der Waals surface area contributed by atoms with Crippen LogP contribution in [0.25, 0.3) is 0 Å². The average Bonchev–Trinajstić information content (AvgIpc) is 2.73.